The van der Waals surface area contributed by atoms with E-state index in [9.17, 15) is 4.79 Å². The van der Waals surface area contributed by atoms with Gasteiger partial charge in [0, 0.05) is 18.3 Å². The largest absolute Gasteiger partial charge is 0.325 e. The van der Waals surface area contributed by atoms with Gasteiger partial charge in [0.1, 0.15) is 0 Å². The number of likely N-dealkylation sites (N-methyl/N-ethyl adjacent to an activating group) is 1. The lowest BCUT2D eigenvalue weighted by atomic mass is 10.1. The number of likely N-dealkylation sites (tertiary alicyclic amines) is 1. The summed E-state index contributed by atoms with van der Waals surface area (Å²) in [5, 5.41) is 6.25. The molecule has 1 amide bonds. The first-order chi connectivity index (χ1) is 9.61. The molecule has 1 fully saturated rings. The van der Waals surface area contributed by atoms with Crippen LogP contribution in [0.3, 0.4) is 0 Å². The molecule has 2 rings (SSSR count). The van der Waals surface area contributed by atoms with Crippen LogP contribution in [0.5, 0.6) is 0 Å². The summed E-state index contributed by atoms with van der Waals surface area (Å²) in [4.78, 5) is 14.5. The Morgan fingerprint density at radius 1 is 1.38 bits per heavy atom. The van der Waals surface area contributed by atoms with Crippen LogP contribution in [-0.2, 0) is 4.79 Å². The van der Waals surface area contributed by atoms with Crippen LogP contribution < -0.4 is 10.6 Å². The van der Waals surface area contributed by atoms with Crippen molar-refractivity contribution in [1.29, 1.82) is 0 Å². The molecule has 118 valence electrons. The number of halogens is 1. The molecule has 0 saturated carbocycles. The monoisotopic (exact) mass is 311 g/mol. The number of aryl methyl sites for hydroxylation is 1. The maximum atomic E-state index is 12.2. The van der Waals surface area contributed by atoms with Gasteiger partial charge in [-0.25, -0.2) is 0 Å². The minimum Gasteiger partial charge on any atom is -0.325 e. The molecule has 1 aliphatic rings. The maximum Gasteiger partial charge on any atom is 0.238 e. The fourth-order valence-corrected chi connectivity index (χ4v) is 2.83. The van der Waals surface area contributed by atoms with Crippen LogP contribution in [0.2, 0.25) is 0 Å². The molecule has 1 atom stereocenters. The van der Waals surface area contributed by atoms with E-state index >= 15 is 0 Å². The number of rotatable bonds is 5. The zero-order valence-corrected chi connectivity index (χ0v) is 13.9. The number of anilines is 1. The lowest BCUT2D eigenvalue weighted by Gasteiger charge is -2.23. The van der Waals surface area contributed by atoms with Crippen molar-refractivity contribution in [2.45, 2.75) is 32.7 Å². The molecule has 1 unspecified atom stereocenters. The molecule has 0 aliphatic carbocycles. The molecule has 21 heavy (non-hydrogen) atoms. The second kappa shape index (κ2) is 8.37. The van der Waals surface area contributed by atoms with Crippen molar-refractivity contribution in [3.8, 4) is 0 Å². The van der Waals surface area contributed by atoms with Gasteiger partial charge in [0.25, 0.3) is 0 Å². The van der Waals surface area contributed by atoms with E-state index in [4.69, 9.17) is 0 Å². The molecular formula is C16H26ClN3O. The van der Waals surface area contributed by atoms with E-state index in [1.165, 1.54) is 18.4 Å². The first kappa shape index (κ1) is 18.0. The third-order valence-electron chi connectivity index (χ3n) is 4.16. The van der Waals surface area contributed by atoms with Crippen LogP contribution in [0.15, 0.2) is 18.2 Å². The van der Waals surface area contributed by atoms with Crippen molar-refractivity contribution >= 4 is 24.0 Å². The predicted octanol–water partition coefficient (Wildman–Crippen LogP) is 2.35. The van der Waals surface area contributed by atoms with Crippen LogP contribution in [0, 0.1) is 13.8 Å². The van der Waals surface area contributed by atoms with Crippen molar-refractivity contribution in [3.63, 3.8) is 0 Å². The molecule has 1 aliphatic heterocycles. The van der Waals surface area contributed by atoms with Gasteiger partial charge in [0.15, 0.2) is 0 Å². The molecule has 1 aromatic rings. The van der Waals surface area contributed by atoms with E-state index in [0.29, 0.717) is 12.6 Å². The van der Waals surface area contributed by atoms with Crippen LogP contribution in [0.1, 0.15) is 24.0 Å². The van der Waals surface area contributed by atoms with E-state index < -0.39 is 0 Å². The van der Waals surface area contributed by atoms with E-state index in [0.717, 1.165) is 24.3 Å². The zero-order chi connectivity index (χ0) is 14.5. The number of nitrogens with zero attached hydrogens (tertiary/aromatic N) is 1. The highest BCUT2D eigenvalue weighted by Gasteiger charge is 2.25. The zero-order valence-electron chi connectivity index (χ0n) is 13.1. The first-order valence-electron chi connectivity index (χ1n) is 7.36. The number of amides is 1. The highest BCUT2D eigenvalue weighted by Crippen LogP contribution is 2.19. The van der Waals surface area contributed by atoms with Gasteiger partial charge in [0.2, 0.25) is 5.91 Å². The lowest BCUT2D eigenvalue weighted by molar-refractivity contribution is -0.117. The maximum absolute atomic E-state index is 12.2. The van der Waals surface area contributed by atoms with Gasteiger partial charge in [-0.3, -0.25) is 9.69 Å². The van der Waals surface area contributed by atoms with Gasteiger partial charge in [-0.2, -0.15) is 0 Å². The normalized spacial score (nSPS) is 18.3. The minimum atomic E-state index is 0. The highest BCUT2D eigenvalue weighted by atomic mass is 35.5. The Morgan fingerprint density at radius 3 is 2.86 bits per heavy atom. The Balaban J connectivity index is 0.00000220. The van der Waals surface area contributed by atoms with Crippen LogP contribution in [0.25, 0.3) is 0 Å². The van der Waals surface area contributed by atoms with E-state index in [1.54, 1.807) is 0 Å². The minimum absolute atomic E-state index is 0. The van der Waals surface area contributed by atoms with Crippen molar-refractivity contribution in [3.05, 3.63) is 29.3 Å². The average molecular weight is 312 g/mol. The average Bonchev–Trinajstić information content (AvgIpc) is 2.83. The summed E-state index contributed by atoms with van der Waals surface area (Å²) in [6.07, 6.45) is 2.36. The molecule has 1 aromatic carbocycles. The van der Waals surface area contributed by atoms with Gasteiger partial charge >= 0.3 is 0 Å². The van der Waals surface area contributed by atoms with Gasteiger partial charge in [-0.1, -0.05) is 12.1 Å². The number of nitrogens with one attached hydrogen (secondary N) is 2. The summed E-state index contributed by atoms with van der Waals surface area (Å²) in [7, 11) is 1.96. The third kappa shape index (κ3) is 4.70. The summed E-state index contributed by atoms with van der Waals surface area (Å²) in [6.45, 7) is 6.57. The SMILES string of the molecule is CNCC1CCCN1CC(=O)Nc1cccc(C)c1C.Cl. The Bertz CT molecular complexity index is 479. The van der Waals surface area contributed by atoms with Crippen LogP contribution >= 0.6 is 12.4 Å². The van der Waals surface area contributed by atoms with Crippen LogP contribution in [0.4, 0.5) is 5.69 Å². The number of hydrogen-bond acceptors (Lipinski definition) is 3. The number of carbonyl (C=O) groups is 1. The molecule has 0 spiro atoms. The third-order valence-corrected chi connectivity index (χ3v) is 4.16. The highest BCUT2D eigenvalue weighted by molar-refractivity contribution is 5.93. The standard InChI is InChI=1S/C16H25N3O.ClH/c1-12-6-4-8-15(13(12)2)18-16(20)11-19-9-5-7-14(19)10-17-3;/h4,6,8,14,17H,5,7,9-11H2,1-3H3,(H,18,20);1H. The van der Waals surface area contributed by atoms with Crippen molar-refractivity contribution in [2.75, 3.05) is 32.0 Å². The van der Waals surface area contributed by atoms with Gasteiger partial charge in [0.05, 0.1) is 6.54 Å². The summed E-state index contributed by atoms with van der Waals surface area (Å²) < 4.78 is 0. The van der Waals surface area contributed by atoms with Gasteiger partial charge in [-0.15, -0.1) is 12.4 Å². The fourth-order valence-electron chi connectivity index (χ4n) is 2.83. The summed E-state index contributed by atoms with van der Waals surface area (Å²) in [5.41, 5.74) is 3.28. The molecule has 4 nitrogen and oxygen atoms in total. The van der Waals surface area contributed by atoms with Crippen LogP contribution in [-0.4, -0.2) is 43.5 Å². The number of hydrogen-bond donors (Lipinski definition) is 2. The lowest BCUT2D eigenvalue weighted by Crippen LogP contribution is -2.41. The van der Waals surface area contributed by atoms with E-state index in [-0.39, 0.29) is 18.3 Å². The topological polar surface area (TPSA) is 44.4 Å². The quantitative estimate of drug-likeness (QED) is 0.877. The summed E-state index contributed by atoms with van der Waals surface area (Å²) in [6, 6.07) is 6.51. The molecule has 0 aromatic heterocycles. The number of carbonyl (C=O) groups excluding carboxylic acids is 1. The van der Waals surface area contributed by atoms with Crippen molar-refractivity contribution in [2.24, 2.45) is 0 Å². The van der Waals surface area contributed by atoms with E-state index in [2.05, 4.69) is 28.5 Å². The summed E-state index contributed by atoms with van der Waals surface area (Å²) >= 11 is 0. The smallest absolute Gasteiger partial charge is 0.238 e. The summed E-state index contributed by atoms with van der Waals surface area (Å²) in [5.74, 6) is 0.0849. The predicted molar refractivity (Wildman–Crippen MR) is 90.3 cm³/mol. The van der Waals surface area contributed by atoms with Gasteiger partial charge < -0.3 is 10.6 Å². The molecule has 2 N–H and O–H groups in total. The second-order valence-corrected chi connectivity index (χ2v) is 5.62. The van der Waals surface area contributed by atoms with Gasteiger partial charge in [-0.05, 0) is 57.5 Å². The van der Waals surface area contributed by atoms with Crippen molar-refractivity contribution < 1.29 is 4.79 Å². The molecule has 1 heterocycles. The second-order valence-electron chi connectivity index (χ2n) is 5.62. The first-order valence-corrected chi connectivity index (χ1v) is 7.36. The fraction of sp³-hybridized carbons (Fsp3) is 0.562. The molecular weight excluding hydrogens is 286 g/mol. The Morgan fingerprint density at radius 2 is 2.14 bits per heavy atom. The molecule has 0 bridgehead atoms. The van der Waals surface area contributed by atoms with E-state index in [1.807, 2.05) is 26.1 Å². The Labute approximate surface area is 133 Å². The number of benzene rings is 1. The van der Waals surface area contributed by atoms with Crippen molar-refractivity contribution in [1.82, 2.24) is 10.2 Å². The Kier molecular flexibility index (Phi) is 7.15. The molecule has 0 radical (unpaired) electrons. The Hall–Kier alpha value is -1.10. The molecule has 1 saturated heterocycles. The molecule has 5 heteroatoms.